The number of rotatable bonds is 7. The molecule has 0 bridgehead atoms. The lowest BCUT2D eigenvalue weighted by atomic mass is 10.1. The van der Waals surface area contributed by atoms with Crippen LogP contribution < -0.4 is 15.6 Å². The van der Waals surface area contributed by atoms with Gasteiger partial charge < -0.3 is 15.0 Å². The Morgan fingerprint density at radius 3 is 2.73 bits per heavy atom. The van der Waals surface area contributed by atoms with Crippen LogP contribution in [0, 0.1) is 6.92 Å². The number of amides is 1. The van der Waals surface area contributed by atoms with Crippen LogP contribution in [0.1, 0.15) is 29.8 Å². The molecule has 2 heterocycles. The SMILES string of the molecule is Cc1nc(-c2cccnc2)[nH]c(=O)c1CC(=O)NC(C)c1cccc(OC(F)F)c1. The van der Waals surface area contributed by atoms with Crippen molar-refractivity contribution in [2.75, 3.05) is 0 Å². The Balaban J connectivity index is 1.71. The summed E-state index contributed by atoms with van der Waals surface area (Å²) in [4.78, 5) is 36.0. The molecule has 2 N–H and O–H groups in total. The fraction of sp³-hybridized carbons (Fsp3) is 0.238. The molecule has 156 valence electrons. The molecular weight excluding hydrogens is 394 g/mol. The predicted molar refractivity (Wildman–Crippen MR) is 106 cm³/mol. The van der Waals surface area contributed by atoms with Gasteiger partial charge in [0.2, 0.25) is 5.91 Å². The molecule has 3 aromatic rings. The average molecular weight is 414 g/mol. The minimum Gasteiger partial charge on any atom is -0.435 e. The highest BCUT2D eigenvalue weighted by Crippen LogP contribution is 2.21. The quantitative estimate of drug-likeness (QED) is 0.619. The average Bonchev–Trinajstić information content (AvgIpc) is 2.71. The first-order chi connectivity index (χ1) is 14.3. The maximum absolute atomic E-state index is 12.5. The number of carbonyl (C=O) groups excluding carboxylic acids is 1. The molecule has 0 fully saturated rings. The molecule has 9 heteroatoms. The van der Waals surface area contributed by atoms with Gasteiger partial charge in [-0.15, -0.1) is 0 Å². The van der Waals surface area contributed by atoms with E-state index >= 15 is 0 Å². The largest absolute Gasteiger partial charge is 0.435 e. The van der Waals surface area contributed by atoms with Gasteiger partial charge in [-0.3, -0.25) is 14.6 Å². The van der Waals surface area contributed by atoms with Gasteiger partial charge in [0.15, 0.2) is 0 Å². The van der Waals surface area contributed by atoms with E-state index in [4.69, 9.17) is 0 Å². The summed E-state index contributed by atoms with van der Waals surface area (Å²) in [5.41, 5.74) is 1.54. The standard InChI is InChI=1S/C21H20F2N4O3/c1-12(14-5-3-7-16(9-14)30-21(22)23)25-18(28)10-17-13(2)26-19(27-20(17)29)15-6-4-8-24-11-15/h3-9,11-12,21H,10H2,1-2H3,(H,25,28)(H,26,27,29). The Hall–Kier alpha value is -3.62. The minimum atomic E-state index is -2.93. The molecule has 3 rings (SSSR count). The lowest BCUT2D eigenvalue weighted by Gasteiger charge is -2.16. The highest BCUT2D eigenvalue weighted by atomic mass is 19.3. The molecule has 0 spiro atoms. The number of halogens is 2. The number of hydrogen-bond donors (Lipinski definition) is 2. The zero-order valence-corrected chi connectivity index (χ0v) is 16.4. The van der Waals surface area contributed by atoms with Crippen LogP contribution in [-0.2, 0) is 11.2 Å². The second-order valence-corrected chi connectivity index (χ2v) is 6.64. The second kappa shape index (κ2) is 9.25. The summed E-state index contributed by atoms with van der Waals surface area (Å²) >= 11 is 0. The number of aromatic amines is 1. The van der Waals surface area contributed by atoms with E-state index in [1.807, 2.05) is 0 Å². The third kappa shape index (κ3) is 5.25. The lowest BCUT2D eigenvalue weighted by Crippen LogP contribution is -2.31. The Morgan fingerprint density at radius 2 is 2.07 bits per heavy atom. The number of ether oxygens (including phenoxy) is 1. The molecule has 0 aliphatic rings. The zero-order valence-electron chi connectivity index (χ0n) is 16.4. The van der Waals surface area contributed by atoms with Crippen molar-refractivity contribution in [2.24, 2.45) is 0 Å². The van der Waals surface area contributed by atoms with Crippen molar-refractivity contribution < 1.29 is 18.3 Å². The maximum Gasteiger partial charge on any atom is 0.387 e. The van der Waals surface area contributed by atoms with E-state index in [1.54, 1.807) is 50.5 Å². The van der Waals surface area contributed by atoms with E-state index in [2.05, 4.69) is 25.0 Å². The van der Waals surface area contributed by atoms with Crippen molar-refractivity contribution in [1.82, 2.24) is 20.3 Å². The number of carbonyl (C=O) groups is 1. The van der Waals surface area contributed by atoms with Crippen molar-refractivity contribution >= 4 is 5.91 Å². The summed E-state index contributed by atoms with van der Waals surface area (Å²) in [6, 6.07) is 9.11. The molecular formula is C21H20F2N4O3. The van der Waals surface area contributed by atoms with E-state index in [0.29, 0.717) is 22.6 Å². The van der Waals surface area contributed by atoms with Gasteiger partial charge in [-0.05, 0) is 43.7 Å². The number of benzene rings is 1. The van der Waals surface area contributed by atoms with Crippen LogP contribution >= 0.6 is 0 Å². The fourth-order valence-electron chi connectivity index (χ4n) is 2.95. The molecule has 1 unspecified atom stereocenters. The molecule has 0 saturated heterocycles. The summed E-state index contributed by atoms with van der Waals surface area (Å²) in [6.07, 6.45) is 3.03. The molecule has 0 aliphatic heterocycles. The predicted octanol–water partition coefficient (Wildman–Crippen LogP) is 3.16. The molecule has 0 saturated carbocycles. The Kier molecular flexibility index (Phi) is 6.51. The van der Waals surface area contributed by atoms with Gasteiger partial charge in [-0.2, -0.15) is 8.78 Å². The number of aromatic nitrogens is 3. The number of aryl methyl sites for hydroxylation is 1. The number of nitrogens with zero attached hydrogens (tertiary/aromatic N) is 2. The highest BCUT2D eigenvalue weighted by Gasteiger charge is 2.16. The summed E-state index contributed by atoms with van der Waals surface area (Å²) in [5.74, 6) is -0.0164. The normalized spacial score (nSPS) is 11.9. The van der Waals surface area contributed by atoms with E-state index in [0.717, 1.165) is 0 Å². The van der Waals surface area contributed by atoms with E-state index < -0.39 is 24.1 Å². The van der Waals surface area contributed by atoms with E-state index in [9.17, 15) is 18.4 Å². The van der Waals surface area contributed by atoms with Crippen molar-refractivity contribution in [3.05, 3.63) is 76.0 Å². The first-order valence-corrected chi connectivity index (χ1v) is 9.18. The van der Waals surface area contributed by atoms with Gasteiger partial charge in [-0.25, -0.2) is 4.98 Å². The Labute approximate surface area is 171 Å². The molecule has 0 aliphatic carbocycles. The highest BCUT2D eigenvalue weighted by molar-refractivity contribution is 5.79. The number of pyridine rings is 1. The van der Waals surface area contributed by atoms with Crippen molar-refractivity contribution in [1.29, 1.82) is 0 Å². The monoisotopic (exact) mass is 414 g/mol. The van der Waals surface area contributed by atoms with Gasteiger partial charge in [0, 0.05) is 29.2 Å². The number of hydrogen-bond acceptors (Lipinski definition) is 5. The third-order valence-electron chi connectivity index (χ3n) is 4.46. The van der Waals surface area contributed by atoms with Crippen LogP contribution in [0.25, 0.3) is 11.4 Å². The van der Waals surface area contributed by atoms with E-state index in [1.165, 1.54) is 12.1 Å². The van der Waals surface area contributed by atoms with Crippen molar-refractivity contribution in [2.45, 2.75) is 32.9 Å². The molecule has 2 aromatic heterocycles. The Bertz CT molecular complexity index is 1090. The molecule has 30 heavy (non-hydrogen) atoms. The van der Waals surface area contributed by atoms with Crippen LogP contribution in [0.2, 0.25) is 0 Å². The molecule has 0 radical (unpaired) electrons. The van der Waals surface area contributed by atoms with Crippen molar-refractivity contribution in [3.63, 3.8) is 0 Å². The summed E-state index contributed by atoms with van der Waals surface area (Å²) in [5, 5.41) is 2.75. The molecule has 1 amide bonds. The fourth-order valence-corrected chi connectivity index (χ4v) is 2.95. The smallest absolute Gasteiger partial charge is 0.387 e. The van der Waals surface area contributed by atoms with Gasteiger partial charge in [0.05, 0.1) is 12.5 Å². The number of alkyl halides is 2. The van der Waals surface area contributed by atoms with E-state index in [-0.39, 0.29) is 17.7 Å². The van der Waals surface area contributed by atoms with Crippen LogP contribution in [0.4, 0.5) is 8.78 Å². The Morgan fingerprint density at radius 1 is 1.27 bits per heavy atom. The first-order valence-electron chi connectivity index (χ1n) is 9.18. The molecule has 1 aromatic carbocycles. The topological polar surface area (TPSA) is 97.0 Å². The van der Waals surface area contributed by atoms with Crippen molar-refractivity contribution in [3.8, 4) is 17.1 Å². The summed E-state index contributed by atoms with van der Waals surface area (Å²) in [7, 11) is 0. The van der Waals surface area contributed by atoms with Crippen LogP contribution in [-0.4, -0.2) is 27.5 Å². The summed E-state index contributed by atoms with van der Waals surface area (Å²) < 4.78 is 29.1. The molecule has 1 atom stereocenters. The second-order valence-electron chi connectivity index (χ2n) is 6.64. The van der Waals surface area contributed by atoms with Crippen LogP contribution in [0.5, 0.6) is 5.75 Å². The van der Waals surface area contributed by atoms with Crippen LogP contribution in [0.15, 0.2) is 53.6 Å². The maximum atomic E-state index is 12.5. The number of nitrogens with one attached hydrogen (secondary N) is 2. The minimum absolute atomic E-state index is 0.00563. The number of H-pyrrole nitrogens is 1. The van der Waals surface area contributed by atoms with Crippen LogP contribution in [0.3, 0.4) is 0 Å². The molecule has 7 nitrogen and oxygen atoms in total. The van der Waals surface area contributed by atoms with Gasteiger partial charge in [-0.1, -0.05) is 12.1 Å². The third-order valence-corrected chi connectivity index (χ3v) is 4.46. The zero-order chi connectivity index (χ0) is 21.7. The van der Waals surface area contributed by atoms with Gasteiger partial charge in [0.25, 0.3) is 5.56 Å². The lowest BCUT2D eigenvalue weighted by molar-refractivity contribution is -0.121. The summed E-state index contributed by atoms with van der Waals surface area (Å²) in [6.45, 7) is 0.439. The van der Waals surface area contributed by atoms with Gasteiger partial charge in [0.1, 0.15) is 11.6 Å². The first kappa shape index (κ1) is 21.1. The van der Waals surface area contributed by atoms with Gasteiger partial charge >= 0.3 is 6.61 Å².